The quantitative estimate of drug-likeness (QED) is 0.262. The molecule has 2 atom stereocenters. The number of nitrogens with zero attached hydrogens (tertiary/aromatic N) is 1. The highest BCUT2D eigenvalue weighted by Gasteiger charge is 2.46. The summed E-state index contributed by atoms with van der Waals surface area (Å²) in [6, 6.07) is 13.2. The first-order valence-corrected chi connectivity index (χ1v) is 12.4. The SMILES string of the molecule is CCOc1ccc([C@@H]2C(=C(O)c3ccc4c(c3)C[C@@H](C)O4)C(=O)C(=O)N2Cc2ccco2)cc1OCC. The van der Waals surface area contributed by atoms with E-state index in [1.165, 1.54) is 11.2 Å². The van der Waals surface area contributed by atoms with Gasteiger partial charge in [-0.1, -0.05) is 6.07 Å². The topological polar surface area (TPSA) is 98.4 Å². The lowest BCUT2D eigenvalue weighted by Crippen LogP contribution is -2.29. The molecule has 1 fully saturated rings. The fourth-order valence-electron chi connectivity index (χ4n) is 4.92. The van der Waals surface area contributed by atoms with Crippen molar-refractivity contribution < 1.29 is 33.3 Å². The van der Waals surface area contributed by atoms with Crippen molar-refractivity contribution >= 4 is 17.4 Å². The van der Waals surface area contributed by atoms with Crippen LogP contribution in [0.2, 0.25) is 0 Å². The van der Waals surface area contributed by atoms with Gasteiger partial charge in [0.2, 0.25) is 0 Å². The second kappa shape index (κ2) is 10.0. The monoisotopic (exact) mass is 503 g/mol. The van der Waals surface area contributed by atoms with E-state index in [-0.39, 0.29) is 24.0 Å². The number of aliphatic hydroxyl groups is 1. The van der Waals surface area contributed by atoms with E-state index in [0.29, 0.717) is 48.0 Å². The van der Waals surface area contributed by atoms with Gasteiger partial charge in [-0.25, -0.2) is 0 Å². The summed E-state index contributed by atoms with van der Waals surface area (Å²) in [7, 11) is 0. The molecule has 8 heteroatoms. The maximum Gasteiger partial charge on any atom is 0.296 e. The minimum Gasteiger partial charge on any atom is -0.507 e. The third-order valence-corrected chi connectivity index (χ3v) is 6.50. The number of hydrogen-bond donors (Lipinski definition) is 1. The summed E-state index contributed by atoms with van der Waals surface area (Å²) in [6.45, 7) is 6.64. The number of hydrogen-bond acceptors (Lipinski definition) is 7. The van der Waals surface area contributed by atoms with Crippen LogP contribution in [0, 0.1) is 0 Å². The standard InChI is InChI=1S/C29H29NO7/c1-4-34-23-11-8-18(15-24(23)35-5-2)26-25(28(32)29(33)30(26)16-21-7-6-12-36-21)27(31)19-9-10-22-20(14-19)13-17(3)37-22/h6-12,14-15,17,26,31H,4-5,13,16H2,1-3H3/t17-,26-/m1/s1. The zero-order valence-electron chi connectivity index (χ0n) is 21.0. The van der Waals surface area contributed by atoms with Crippen LogP contribution >= 0.6 is 0 Å². The average molecular weight is 504 g/mol. The summed E-state index contributed by atoms with van der Waals surface area (Å²) >= 11 is 0. The number of furan rings is 1. The molecule has 0 radical (unpaired) electrons. The third-order valence-electron chi connectivity index (χ3n) is 6.50. The summed E-state index contributed by atoms with van der Waals surface area (Å²) < 4.78 is 22.7. The van der Waals surface area contributed by atoms with Crippen LogP contribution in [-0.2, 0) is 22.6 Å². The van der Waals surface area contributed by atoms with Crippen molar-refractivity contribution in [2.24, 2.45) is 0 Å². The fourth-order valence-corrected chi connectivity index (χ4v) is 4.92. The first-order valence-electron chi connectivity index (χ1n) is 12.4. The molecule has 192 valence electrons. The van der Waals surface area contributed by atoms with E-state index in [0.717, 1.165) is 11.3 Å². The van der Waals surface area contributed by atoms with Gasteiger partial charge in [-0.3, -0.25) is 9.59 Å². The molecule has 8 nitrogen and oxygen atoms in total. The van der Waals surface area contributed by atoms with E-state index in [1.54, 1.807) is 42.5 Å². The molecule has 37 heavy (non-hydrogen) atoms. The van der Waals surface area contributed by atoms with Gasteiger partial charge in [0.25, 0.3) is 11.7 Å². The number of fused-ring (bicyclic) bond motifs is 1. The summed E-state index contributed by atoms with van der Waals surface area (Å²) in [4.78, 5) is 28.1. The predicted octanol–water partition coefficient (Wildman–Crippen LogP) is 5.02. The molecule has 0 unspecified atom stereocenters. The van der Waals surface area contributed by atoms with Crippen LogP contribution in [0.1, 0.15) is 49.3 Å². The molecular formula is C29H29NO7. The van der Waals surface area contributed by atoms with E-state index in [2.05, 4.69) is 0 Å². The number of likely N-dealkylation sites (tertiary alicyclic amines) is 1. The van der Waals surface area contributed by atoms with Crippen molar-refractivity contribution in [3.8, 4) is 17.2 Å². The van der Waals surface area contributed by atoms with Gasteiger partial charge in [-0.05, 0) is 74.4 Å². The van der Waals surface area contributed by atoms with Gasteiger partial charge < -0.3 is 28.6 Å². The smallest absolute Gasteiger partial charge is 0.296 e. The largest absolute Gasteiger partial charge is 0.507 e. The predicted molar refractivity (Wildman–Crippen MR) is 136 cm³/mol. The first-order chi connectivity index (χ1) is 17.9. The van der Waals surface area contributed by atoms with Crippen LogP contribution in [0.5, 0.6) is 17.2 Å². The van der Waals surface area contributed by atoms with Gasteiger partial charge in [0.05, 0.1) is 37.6 Å². The van der Waals surface area contributed by atoms with Gasteiger partial charge in [0.15, 0.2) is 11.5 Å². The van der Waals surface area contributed by atoms with Crippen molar-refractivity contribution in [2.45, 2.75) is 45.9 Å². The number of Topliss-reactive ketones (excluding diaryl/α,β-unsaturated/α-hetero) is 1. The molecule has 3 heterocycles. The number of ether oxygens (including phenoxy) is 3. The zero-order chi connectivity index (χ0) is 26.1. The minimum atomic E-state index is -0.858. The summed E-state index contributed by atoms with van der Waals surface area (Å²) in [5.41, 5.74) is 2.01. The average Bonchev–Trinajstić information content (AvgIpc) is 3.59. The Morgan fingerprint density at radius 2 is 1.84 bits per heavy atom. The Balaban J connectivity index is 1.64. The Kier molecular flexibility index (Phi) is 6.65. The van der Waals surface area contributed by atoms with Crippen LogP contribution in [0.3, 0.4) is 0 Å². The van der Waals surface area contributed by atoms with Gasteiger partial charge in [-0.2, -0.15) is 0 Å². The van der Waals surface area contributed by atoms with E-state index in [1.807, 2.05) is 26.8 Å². The van der Waals surface area contributed by atoms with Crippen LogP contribution in [0.15, 0.2) is 64.8 Å². The van der Waals surface area contributed by atoms with Gasteiger partial charge in [0, 0.05) is 12.0 Å². The molecule has 2 aliphatic heterocycles. The third kappa shape index (κ3) is 4.55. The van der Waals surface area contributed by atoms with E-state index in [9.17, 15) is 14.7 Å². The summed E-state index contributed by atoms with van der Waals surface area (Å²) in [5, 5.41) is 11.5. The molecule has 3 aromatic rings. The normalized spacial score (nSPS) is 20.1. The molecular weight excluding hydrogens is 474 g/mol. The second-order valence-corrected chi connectivity index (χ2v) is 9.03. The van der Waals surface area contributed by atoms with E-state index < -0.39 is 17.7 Å². The number of amides is 1. The minimum absolute atomic E-state index is 0.00933. The lowest BCUT2D eigenvalue weighted by molar-refractivity contribution is -0.140. The molecule has 1 saturated heterocycles. The van der Waals surface area contributed by atoms with Crippen molar-refractivity contribution in [3.63, 3.8) is 0 Å². The number of carbonyl (C=O) groups is 2. The van der Waals surface area contributed by atoms with Gasteiger partial charge >= 0.3 is 0 Å². The molecule has 1 N–H and O–H groups in total. The summed E-state index contributed by atoms with van der Waals surface area (Å²) in [5.74, 6) is 0.620. The molecule has 1 aromatic heterocycles. The number of aliphatic hydroxyl groups excluding tert-OH is 1. The molecule has 2 aromatic carbocycles. The number of carbonyl (C=O) groups excluding carboxylic acids is 2. The van der Waals surface area contributed by atoms with E-state index in [4.69, 9.17) is 18.6 Å². The molecule has 2 aliphatic rings. The molecule has 1 amide bonds. The maximum absolute atomic E-state index is 13.4. The Hall–Kier alpha value is -4.20. The van der Waals surface area contributed by atoms with Gasteiger partial charge in [0.1, 0.15) is 23.4 Å². The second-order valence-electron chi connectivity index (χ2n) is 9.03. The summed E-state index contributed by atoms with van der Waals surface area (Å²) in [6.07, 6.45) is 2.24. The van der Waals surface area contributed by atoms with Crippen molar-refractivity contribution in [1.29, 1.82) is 0 Å². The van der Waals surface area contributed by atoms with Crippen LogP contribution in [-0.4, -0.2) is 41.0 Å². The highest BCUT2D eigenvalue weighted by atomic mass is 16.5. The molecule has 0 bridgehead atoms. The van der Waals surface area contributed by atoms with Crippen LogP contribution in [0.25, 0.3) is 5.76 Å². The number of benzene rings is 2. The Morgan fingerprint density at radius 3 is 2.57 bits per heavy atom. The van der Waals surface area contributed by atoms with Gasteiger partial charge in [-0.15, -0.1) is 0 Å². The van der Waals surface area contributed by atoms with E-state index >= 15 is 0 Å². The molecule has 0 spiro atoms. The highest BCUT2D eigenvalue weighted by molar-refractivity contribution is 6.46. The fraction of sp³-hybridized carbons (Fsp3) is 0.310. The lowest BCUT2D eigenvalue weighted by atomic mass is 9.94. The Morgan fingerprint density at radius 1 is 1.05 bits per heavy atom. The lowest BCUT2D eigenvalue weighted by Gasteiger charge is -2.25. The Labute approximate surface area is 215 Å². The molecule has 0 saturated carbocycles. The zero-order valence-corrected chi connectivity index (χ0v) is 21.0. The molecule has 5 rings (SSSR count). The first kappa shape index (κ1) is 24.5. The van der Waals surface area contributed by atoms with Crippen LogP contribution in [0.4, 0.5) is 0 Å². The number of ketones is 1. The van der Waals surface area contributed by atoms with Crippen LogP contribution < -0.4 is 14.2 Å². The Bertz CT molecular complexity index is 1360. The number of rotatable bonds is 8. The van der Waals surface area contributed by atoms with Crippen molar-refractivity contribution in [2.75, 3.05) is 13.2 Å². The van der Waals surface area contributed by atoms with Crippen molar-refractivity contribution in [3.05, 3.63) is 82.8 Å². The highest BCUT2D eigenvalue weighted by Crippen LogP contribution is 2.43. The van der Waals surface area contributed by atoms with Crippen molar-refractivity contribution in [1.82, 2.24) is 4.90 Å². The molecule has 0 aliphatic carbocycles. The maximum atomic E-state index is 13.4.